The average molecular weight is 723 g/mol. The van der Waals surface area contributed by atoms with Crippen LogP contribution in [0.1, 0.15) is 43.2 Å². The molecule has 1 fully saturated rings. The van der Waals surface area contributed by atoms with E-state index in [1.54, 1.807) is 30.3 Å². The summed E-state index contributed by atoms with van der Waals surface area (Å²) < 4.78 is 30.2. The summed E-state index contributed by atoms with van der Waals surface area (Å²) in [5, 5.41) is 3.63. The fourth-order valence-corrected chi connectivity index (χ4v) is 7.55. The summed E-state index contributed by atoms with van der Waals surface area (Å²) in [4.78, 5) is 30.3. The van der Waals surface area contributed by atoms with Gasteiger partial charge in [-0.1, -0.05) is 107 Å². The number of nitrogens with one attached hydrogen (secondary N) is 1. The number of hydrogen-bond donors (Lipinski definition) is 1. The van der Waals surface area contributed by atoms with Crippen molar-refractivity contribution in [2.24, 2.45) is 0 Å². The summed E-state index contributed by atoms with van der Waals surface area (Å²) in [5.74, 6) is -0.739. The van der Waals surface area contributed by atoms with Gasteiger partial charge in [-0.15, -0.1) is 0 Å². The predicted octanol–water partition coefficient (Wildman–Crippen LogP) is 7.39. The number of sulfonamides is 1. The number of benzene rings is 4. The SMILES string of the molecule is O=C(NC1CCCCC1)C(Cc1ccccc1)N(Cc1ccc(Br)cc1)C(=O)CN(c1ccccc1)S(=O)(=O)c1ccc(Cl)cc1. The lowest BCUT2D eigenvalue weighted by Crippen LogP contribution is -2.55. The van der Waals surface area contributed by atoms with Crippen molar-refractivity contribution < 1.29 is 18.0 Å². The topological polar surface area (TPSA) is 86.8 Å². The lowest BCUT2D eigenvalue weighted by molar-refractivity contribution is -0.140. The largest absolute Gasteiger partial charge is 0.352 e. The number of para-hydroxylation sites is 1. The van der Waals surface area contributed by atoms with E-state index in [0.29, 0.717) is 10.7 Å². The van der Waals surface area contributed by atoms with E-state index in [0.717, 1.165) is 52.0 Å². The molecule has 0 spiro atoms. The van der Waals surface area contributed by atoms with Gasteiger partial charge in [0.15, 0.2) is 0 Å². The van der Waals surface area contributed by atoms with E-state index in [2.05, 4.69) is 21.2 Å². The van der Waals surface area contributed by atoms with Crippen molar-refractivity contribution in [2.75, 3.05) is 10.8 Å². The Hall–Kier alpha value is -3.66. The molecule has 1 aliphatic rings. The zero-order valence-electron chi connectivity index (χ0n) is 25.4. The molecule has 0 aromatic heterocycles. The van der Waals surface area contributed by atoms with Crippen molar-refractivity contribution in [3.05, 3.63) is 130 Å². The maximum absolute atomic E-state index is 14.6. The fourth-order valence-electron chi connectivity index (χ4n) is 5.74. The molecule has 46 heavy (non-hydrogen) atoms. The number of nitrogens with zero attached hydrogens (tertiary/aromatic N) is 2. The molecule has 1 saturated carbocycles. The van der Waals surface area contributed by atoms with Crippen molar-refractivity contribution in [1.29, 1.82) is 0 Å². The molecule has 1 unspecified atom stereocenters. The van der Waals surface area contributed by atoms with Crippen molar-refractivity contribution >= 4 is 55.1 Å². The highest BCUT2D eigenvalue weighted by molar-refractivity contribution is 9.10. The van der Waals surface area contributed by atoms with Gasteiger partial charge >= 0.3 is 0 Å². The Balaban J connectivity index is 1.54. The van der Waals surface area contributed by atoms with Gasteiger partial charge in [0.25, 0.3) is 10.0 Å². The van der Waals surface area contributed by atoms with Gasteiger partial charge in [0.2, 0.25) is 11.8 Å². The Labute approximate surface area is 284 Å². The first-order valence-electron chi connectivity index (χ1n) is 15.4. The molecular formula is C36H37BrClN3O4S. The summed E-state index contributed by atoms with van der Waals surface area (Å²) in [6, 6.07) is 30.7. The lowest BCUT2D eigenvalue weighted by Gasteiger charge is -2.35. The first-order valence-corrected chi connectivity index (χ1v) is 18.0. The van der Waals surface area contributed by atoms with Gasteiger partial charge in [0.05, 0.1) is 10.6 Å². The summed E-state index contributed by atoms with van der Waals surface area (Å²) in [7, 11) is -4.19. The van der Waals surface area contributed by atoms with Crippen molar-refractivity contribution in [1.82, 2.24) is 10.2 Å². The number of carbonyl (C=O) groups excluding carboxylic acids is 2. The summed E-state index contributed by atoms with van der Waals surface area (Å²) in [6.45, 7) is -0.390. The number of anilines is 1. The lowest BCUT2D eigenvalue weighted by atomic mass is 9.94. The molecule has 4 aromatic carbocycles. The minimum atomic E-state index is -4.19. The van der Waals surface area contributed by atoms with Crippen LogP contribution >= 0.6 is 27.5 Å². The number of carbonyl (C=O) groups is 2. The van der Waals surface area contributed by atoms with E-state index in [1.165, 1.54) is 29.2 Å². The Morgan fingerprint density at radius 1 is 0.804 bits per heavy atom. The summed E-state index contributed by atoms with van der Waals surface area (Å²) >= 11 is 9.53. The fraction of sp³-hybridized carbons (Fsp3) is 0.278. The van der Waals surface area contributed by atoms with Crippen LogP contribution in [0.2, 0.25) is 5.02 Å². The smallest absolute Gasteiger partial charge is 0.264 e. The molecule has 10 heteroatoms. The van der Waals surface area contributed by atoms with Crippen LogP contribution in [0, 0.1) is 0 Å². The van der Waals surface area contributed by atoms with Crippen LogP contribution in [0.3, 0.4) is 0 Å². The third-order valence-electron chi connectivity index (χ3n) is 8.21. The Bertz CT molecular complexity index is 1700. The Morgan fingerprint density at radius 3 is 2.04 bits per heavy atom. The second-order valence-corrected chi connectivity index (χ2v) is 14.7. The van der Waals surface area contributed by atoms with Crippen molar-refractivity contribution in [3.8, 4) is 0 Å². The second kappa shape index (κ2) is 15.8. The van der Waals surface area contributed by atoms with E-state index in [9.17, 15) is 18.0 Å². The minimum absolute atomic E-state index is 0.00360. The molecule has 0 saturated heterocycles. The van der Waals surface area contributed by atoms with Gasteiger partial charge in [-0.2, -0.15) is 0 Å². The summed E-state index contributed by atoms with van der Waals surface area (Å²) in [6.07, 6.45) is 5.30. The number of halogens is 2. The number of rotatable bonds is 12. The molecule has 0 radical (unpaired) electrons. The van der Waals surface area contributed by atoms with Gasteiger partial charge in [-0.25, -0.2) is 8.42 Å². The standard InChI is InChI=1S/C36H37BrClN3O4S/c37-29-18-16-28(17-19-29)25-40(34(24-27-10-4-1-5-11-27)36(43)39-31-12-6-2-7-13-31)35(42)26-41(32-14-8-3-9-15-32)46(44,45)33-22-20-30(38)21-23-33/h1,3-5,8-11,14-23,31,34H,2,6-7,12-13,24-26H2,(H,39,43). The zero-order chi connectivity index (χ0) is 32.5. The van der Waals surface area contributed by atoms with E-state index in [1.807, 2.05) is 54.6 Å². The highest BCUT2D eigenvalue weighted by Gasteiger charge is 2.35. The zero-order valence-corrected chi connectivity index (χ0v) is 28.6. The van der Waals surface area contributed by atoms with Crippen LogP contribution in [0.25, 0.3) is 0 Å². The first-order chi connectivity index (χ1) is 22.2. The minimum Gasteiger partial charge on any atom is -0.352 e. The van der Waals surface area contributed by atoms with Gasteiger partial charge in [0, 0.05) is 28.5 Å². The molecule has 7 nitrogen and oxygen atoms in total. The monoisotopic (exact) mass is 721 g/mol. The predicted molar refractivity (Wildman–Crippen MR) is 186 cm³/mol. The van der Waals surface area contributed by atoms with Crippen LogP contribution < -0.4 is 9.62 Å². The molecule has 5 rings (SSSR count). The van der Waals surface area contributed by atoms with Crippen molar-refractivity contribution in [2.45, 2.75) is 62.0 Å². The quantitative estimate of drug-likeness (QED) is 0.165. The molecule has 1 N–H and O–H groups in total. The van der Waals surface area contributed by atoms with Gasteiger partial charge in [-0.3, -0.25) is 13.9 Å². The van der Waals surface area contributed by atoms with Crippen molar-refractivity contribution in [3.63, 3.8) is 0 Å². The average Bonchev–Trinajstić information content (AvgIpc) is 3.07. The van der Waals surface area contributed by atoms with Crippen LogP contribution in [0.15, 0.2) is 119 Å². The van der Waals surface area contributed by atoms with E-state index >= 15 is 0 Å². The van der Waals surface area contributed by atoms with E-state index in [4.69, 9.17) is 11.6 Å². The number of hydrogen-bond acceptors (Lipinski definition) is 4. The maximum atomic E-state index is 14.6. The molecule has 4 aromatic rings. The van der Waals surface area contributed by atoms with Gasteiger partial charge < -0.3 is 10.2 Å². The second-order valence-electron chi connectivity index (χ2n) is 11.5. The van der Waals surface area contributed by atoms with E-state index in [-0.39, 0.29) is 29.8 Å². The molecule has 1 aliphatic carbocycles. The van der Waals surface area contributed by atoms with Gasteiger partial charge in [-0.05, 0) is 72.5 Å². The maximum Gasteiger partial charge on any atom is 0.264 e. The van der Waals surface area contributed by atoms with Crippen LogP contribution in [-0.4, -0.2) is 43.8 Å². The molecular weight excluding hydrogens is 686 g/mol. The first kappa shape index (κ1) is 33.7. The molecule has 0 aliphatic heterocycles. The van der Waals surface area contributed by atoms with Crippen LogP contribution in [0.4, 0.5) is 5.69 Å². The molecule has 0 heterocycles. The molecule has 0 bridgehead atoms. The van der Waals surface area contributed by atoms with E-state index < -0.39 is 28.5 Å². The van der Waals surface area contributed by atoms with Crippen LogP contribution in [-0.2, 0) is 32.6 Å². The number of amides is 2. The highest BCUT2D eigenvalue weighted by Crippen LogP contribution is 2.26. The summed E-state index contributed by atoms with van der Waals surface area (Å²) in [5.41, 5.74) is 2.04. The third kappa shape index (κ3) is 8.78. The normalized spacial score (nSPS) is 14.3. The highest BCUT2D eigenvalue weighted by atomic mass is 79.9. The van der Waals surface area contributed by atoms with Crippen LogP contribution in [0.5, 0.6) is 0 Å². The molecule has 240 valence electrons. The molecule has 2 amide bonds. The Kier molecular flexibility index (Phi) is 11.5. The Morgan fingerprint density at radius 2 is 1.41 bits per heavy atom. The van der Waals surface area contributed by atoms with Gasteiger partial charge in [0.1, 0.15) is 12.6 Å². The molecule has 1 atom stereocenters. The third-order valence-corrected chi connectivity index (χ3v) is 10.8.